The predicted octanol–water partition coefficient (Wildman–Crippen LogP) is 1.73. The Labute approximate surface area is 92.2 Å². The van der Waals surface area contributed by atoms with Crippen LogP contribution in [0.3, 0.4) is 0 Å². The van der Waals surface area contributed by atoms with Crippen molar-refractivity contribution in [2.45, 2.75) is 58.2 Å². The van der Waals surface area contributed by atoms with Crippen molar-refractivity contribution in [1.29, 1.82) is 0 Å². The number of carbonyl (C=O) groups excluding carboxylic acids is 1. The first-order valence-electron chi connectivity index (χ1n) is 6.34. The van der Waals surface area contributed by atoms with Crippen LogP contribution in [0.25, 0.3) is 0 Å². The Bertz CT molecular complexity index is 236. The van der Waals surface area contributed by atoms with E-state index in [0.29, 0.717) is 18.0 Å². The van der Waals surface area contributed by atoms with Crippen LogP contribution in [0.15, 0.2) is 0 Å². The quantitative estimate of drug-likeness (QED) is 0.769. The summed E-state index contributed by atoms with van der Waals surface area (Å²) in [5.41, 5.74) is 0. The third-order valence-electron chi connectivity index (χ3n) is 3.88. The Balaban J connectivity index is 2.07. The van der Waals surface area contributed by atoms with Crippen molar-refractivity contribution in [2.24, 2.45) is 5.92 Å². The normalized spacial score (nSPS) is 32.9. The minimum Gasteiger partial charge on any atom is -0.326 e. The number of hydrogen-bond acceptors (Lipinski definition) is 2. The molecule has 0 aromatic heterocycles. The zero-order chi connectivity index (χ0) is 10.8. The van der Waals surface area contributed by atoms with Crippen LogP contribution >= 0.6 is 0 Å². The van der Waals surface area contributed by atoms with Crippen molar-refractivity contribution in [3.8, 4) is 0 Å². The molecule has 0 radical (unpaired) electrons. The van der Waals surface area contributed by atoms with Crippen LogP contribution in [-0.4, -0.2) is 29.6 Å². The van der Waals surface area contributed by atoms with E-state index >= 15 is 0 Å². The molecule has 1 saturated heterocycles. The number of carbonyl (C=O) groups is 1. The predicted molar refractivity (Wildman–Crippen MR) is 60.3 cm³/mol. The van der Waals surface area contributed by atoms with Crippen LogP contribution in [0.1, 0.15) is 46.0 Å². The summed E-state index contributed by atoms with van der Waals surface area (Å²) in [6.07, 6.45) is 6.50. The molecule has 1 N–H and O–H groups in total. The second-order valence-electron chi connectivity index (χ2n) is 4.74. The van der Waals surface area contributed by atoms with Crippen LogP contribution in [0.5, 0.6) is 0 Å². The van der Waals surface area contributed by atoms with Crippen LogP contribution in [0.2, 0.25) is 0 Å². The van der Waals surface area contributed by atoms with E-state index in [9.17, 15) is 4.79 Å². The van der Waals surface area contributed by atoms with Crippen LogP contribution in [0.4, 0.5) is 0 Å². The molecule has 1 aliphatic heterocycles. The smallest absolute Gasteiger partial charge is 0.241 e. The number of rotatable bonds is 3. The van der Waals surface area contributed by atoms with Gasteiger partial charge < -0.3 is 4.90 Å². The van der Waals surface area contributed by atoms with E-state index in [1.54, 1.807) is 0 Å². The van der Waals surface area contributed by atoms with Crippen molar-refractivity contribution in [3.05, 3.63) is 0 Å². The van der Waals surface area contributed by atoms with Gasteiger partial charge in [-0.2, -0.15) is 0 Å². The Morgan fingerprint density at radius 2 is 2.00 bits per heavy atom. The molecule has 1 aliphatic carbocycles. The minimum atomic E-state index is 0.0792. The molecule has 0 bridgehead atoms. The number of amides is 1. The first kappa shape index (κ1) is 10.9. The molecule has 1 amide bonds. The number of hydrogen-bond donors (Lipinski definition) is 1. The number of nitrogens with one attached hydrogen (secondary N) is 1. The van der Waals surface area contributed by atoms with Gasteiger partial charge in [0.2, 0.25) is 5.91 Å². The standard InChI is InChI=1S/C12H22N2O/c1-3-10-12(15)14(4-2)11(13-10)9-7-5-6-8-9/h9-11,13H,3-8H2,1-2H3. The summed E-state index contributed by atoms with van der Waals surface area (Å²) < 4.78 is 0. The first-order chi connectivity index (χ1) is 7.27. The summed E-state index contributed by atoms with van der Waals surface area (Å²) in [5.74, 6) is 1.02. The molecule has 0 spiro atoms. The molecule has 3 heteroatoms. The Kier molecular flexibility index (Phi) is 3.29. The third kappa shape index (κ3) is 1.89. The van der Waals surface area contributed by atoms with E-state index in [1.165, 1.54) is 25.7 Å². The monoisotopic (exact) mass is 210 g/mol. The highest BCUT2D eigenvalue weighted by atomic mass is 16.2. The van der Waals surface area contributed by atoms with E-state index in [0.717, 1.165) is 13.0 Å². The maximum atomic E-state index is 12.0. The topological polar surface area (TPSA) is 32.3 Å². The molecule has 86 valence electrons. The van der Waals surface area contributed by atoms with Gasteiger partial charge in [-0.05, 0) is 32.1 Å². The Morgan fingerprint density at radius 1 is 1.33 bits per heavy atom. The molecular weight excluding hydrogens is 188 g/mol. The summed E-state index contributed by atoms with van der Waals surface area (Å²) in [6, 6.07) is 0.0792. The summed E-state index contributed by atoms with van der Waals surface area (Å²) in [6.45, 7) is 5.02. The molecule has 2 atom stereocenters. The highest BCUT2D eigenvalue weighted by molar-refractivity contribution is 5.84. The van der Waals surface area contributed by atoms with Gasteiger partial charge in [-0.25, -0.2) is 0 Å². The summed E-state index contributed by atoms with van der Waals surface area (Å²) in [7, 11) is 0. The van der Waals surface area contributed by atoms with Gasteiger partial charge in [0, 0.05) is 6.54 Å². The lowest BCUT2D eigenvalue weighted by atomic mass is 10.0. The SMILES string of the molecule is CCC1NC(C2CCCC2)N(CC)C1=O. The van der Waals surface area contributed by atoms with Gasteiger partial charge in [-0.3, -0.25) is 10.1 Å². The van der Waals surface area contributed by atoms with Crippen molar-refractivity contribution < 1.29 is 4.79 Å². The average molecular weight is 210 g/mol. The minimum absolute atomic E-state index is 0.0792. The van der Waals surface area contributed by atoms with Gasteiger partial charge in [0.05, 0.1) is 12.2 Å². The van der Waals surface area contributed by atoms with Crippen LogP contribution < -0.4 is 5.32 Å². The summed E-state index contributed by atoms with van der Waals surface area (Å²) in [5, 5.41) is 3.51. The number of likely N-dealkylation sites (N-methyl/N-ethyl adjacent to an activating group) is 1. The zero-order valence-corrected chi connectivity index (χ0v) is 9.83. The van der Waals surface area contributed by atoms with Crippen LogP contribution in [0, 0.1) is 5.92 Å². The molecule has 0 aromatic carbocycles. The van der Waals surface area contributed by atoms with E-state index < -0.39 is 0 Å². The first-order valence-corrected chi connectivity index (χ1v) is 6.34. The lowest BCUT2D eigenvalue weighted by molar-refractivity contribution is -0.130. The molecule has 3 nitrogen and oxygen atoms in total. The molecule has 2 aliphatic rings. The molecular formula is C12H22N2O. The van der Waals surface area contributed by atoms with Gasteiger partial charge in [-0.1, -0.05) is 19.8 Å². The van der Waals surface area contributed by atoms with E-state index in [-0.39, 0.29) is 6.04 Å². The van der Waals surface area contributed by atoms with Gasteiger partial charge >= 0.3 is 0 Å². The van der Waals surface area contributed by atoms with Crippen molar-refractivity contribution >= 4 is 5.91 Å². The van der Waals surface area contributed by atoms with Crippen LogP contribution in [-0.2, 0) is 4.79 Å². The average Bonchev–Trinajstić information content (AvgIpc) is 2.84. The molecule has 2 unspecified atom stereocenters. The molecule has 15 heavy (non-hydrogen) atoms. The molecule has 0 aromatic rings. The van der Waals surface area contributed by atoms with Crippen molar-refractivity contribution in [3.63, 3.8) is 0 Å². The third-order valence-corrected chi connectivity index (χ3v) is 3.88. The van der Waals surface area contributed by atoms with Crippen molar-refractivity contribution in [1.82, 2.24) is 10.2 Å². The Hall–Kier alpha value is -0.570. The van der Waals surface area contributed by atoms with Gasteiger partial charge in [0.1, 0.15) is 0 Å². The fourth-order valence-electron chi connectivity index (χ4n) is 3.01. The van der Waals surface area contributed by atoms with Gasteiger partial charge in [-0.15, -0.1) is 0 Å². The van der Waals surface area contributed by atoms with E-state index in [1.807, 2.05) is 4.90 Å². The van der Waals surface area contributed by atoms with Crippen molar-refractivity contribution in [2.75, 3.05) is 6.54 Å². The van der Waals surface area contributed by atoms with Gasteiger partial charge in [0.25, 0.3) is 0 Å². The lowest BCUT2D eigenvalue weighted by Gasteiger charge is -2.27. The molecule has 2 rings (SSSR count). The largest absolute Gasteiger partial charge is 0.326 e. The molecule has 1 heterocycles. The van der Waals surface area contributed by atoms with Gasteiger partial charge in [0.15, 0.2) is 0 Å². The molecule has 2 fully saturated rings. The number of nitrogens with zero attached hydrogens (tertiary/aromatic N) is 1. The zero-order valence-electron chi connectivity index (χ0n) is 9.83. The highest BCUT2D eigenvalue weighted by Crippen LogP contribution is 2.32. The maximum absolute atomic E-state index is 12.0. The fraction of sp³-hybridized carbons (Fsp3) is 0.917. The second-order valence-corrected chi connectivity index (χ2v) is 4.74. The second kappa shape index (κ2) is 4.52. The molecule has 1 saturated carbocycles. The maximum Gasteiger partial charge on any atom is 0.241 e. The summed E-state index contributed by atoms with van der Waals surface area (Å²) in [4.78, 5) is 14.0. The highest BCUT2D eigenvalue weighted by Gasteiger charge is 2.41. The lowest BCUT2D eigenvalue weighted by Crippen LogP contribution is -2.42. The summed E-state index contributed by atoms with van der Waals surface area (Å²) >= 11 is 0. The van der Waals surface area contributed by atoms with E-state index in [2.05, 4.69) is 19.2 Å². The fourth-order valence-corrected chi connectivity index (χ4v) is 3.01. The Morgan fingerprint density at radius 3 is 2.53 bits per heavy atom. The van der Waals surface area contributed by atoms with E-state index in [4.69, 9.17) is 0 Å².